The Kier molecular flexibility index (Phi) is 3.97. The summed E-state index contributed by atoms with van der Waals surface area (Å²) in [5.74, 6) is 5.46. The zero-order valence-corrected chi connectivity index (χ0v) is 10.6. The van der Waals surface area contributed by atoms with Gasteiger partial charge in [0.15, 0.2) is 0 Å². The Labute approximate surface area is 105 Å². The van der Waals surface area contributed by atoms with Crippen LogP contribution in [0.15, 0.2) is 18.2 Å². The van der Waals surface area contributed by atoms with Gasteiger partial charge < -0.3 is 5.43 Å². The average Bonchev–Trinajstić information content (AvgIpc) is 2.18. The minimum absolute atomic E-state index is 0. The highest BCUT2D eigenvalue weighted by Crippen LogP contribution is 2.28. The number of hydrazine groups is 1. The van der Waals surface area contributed by atoms with Gasteiger partial charge in [0.25, 0.3) is 0 Å². The Morgan fingerprint density at radius 1 is 1.25 bits per heavy atom. The van der Waals surface area contributed by atoms with Gasteiger partial charge in [-0.15, -0.1) is 12.4 Å². The molecule has 1 aromatic heterocycles. The fourth-order valence-corrected chi connectivity index (χ4v) is 1.98. The number of benzene rings is 1. The fourth-order valence-electron chi connectivity index (χ4n) is 1.70. The lowest BCUT2D eigenvalue weighted by atomic mass is 10.1. The molecule has 5 heteroatoms. The highest BCUT2D eigenvalue weighted by atomic mass is 35.5. The fraction of sp³-hybridized carbons (Fsp3) is 0.182. The van der Waals surface area contributed by atoms with E-state index in [4.69, 9.17) is 17.4 Å². The van der Waals surface area contributed by atoms with Crippen molar-refractivity contribution in [3.63, 3.8) is 0 Å². The van der Waals surface area contributed by atoms with E-state index in [1.54, 1.807) is 0 Å². The van der Waals surface area contributed by atoms with E-state index in [1.807, 2.05) is 32.0 Å². The quantitative estimate of drug-likeness (QED) is 0.610. The molecule has 0 bridgehead atoms. The zero-order chi connectivity index (χ0) is 11.0. The van der Waals surface area contributed by atoms with Crippen molar-refractivity contribution in [3.8, 4) is 0 Å². The number of pyridine rings is 1. The zero-order valence-electron chi connectivity index (χ0n) is 9.04. The number of hydrogen-bond acceptors (Lipinski definition) is 3. The van der Waals surface area contributed by atoms with Gasteiger partial charge in [-0.2, -0.15) is 0 Å². The molecule has 0 aliphatic rings. The van der Waals surface area contributed by atoms with Gasteiger partial charge in [-0.1, -0.05) is 11.6 Å². The monoisotopic (exact) mass is 257 g/mol. The largest absolute Gasteiger partial charge is 0.323 e. The maximum atomic E-state index is 6.00. The standard InChI is InChI=1S/C11H12ClN3.ClH/c1-6-3-8(12)5-9-10(15-13)4-7(2)14-11(6)9;/h3-5H,13H2,1-2H3,(H,14,15);1H. The van der Waals surface area contributed by atoms with Crippen molar-refractivity contribution in [2.24, 2.45) is 5.84 Å². The van der Waals surface area contributed by atoms with E-state index in [0.29, 0.717) is 5.02 Å². The Hall–Kier alpha value is -1.03. The van der Waals surface area contributed by atoms with Crippen molar-refractivity contribution in [2.45, 2.75) is 13.8 Å². The average molecular weight is 258 g/mol. The molecule has 16 heavy (non-hydrogen) atoms. The molecular formula is C11H13Cl2N3. The van der Waals surface area contributed by atoms with Gasteiger partial charge in [-0.25, -0.2) is 0 Å². The predicted octanol–water partition coefficient (Wildman–Crippen LogP) is 3.21. The molecule has 0 atom stereocenters. The number of halogens is 2. The summed E-state index contributed by atoms with van der Waals surface area (Å²) < 4.78 is 0. The third kappa shape index (κ3) is 2.21. The first-order valence-electron chi connectivity index (χ1n) is 4.66. The summed E-state index contributed by atoms with van der Waals surface area (Å²) in [5.41, 5.74) is 6.44. The Morgan fingerprint density at radius 2 is 1.94 bits per heavy atom. The van der Waals surface area contributed by atoms with Crippen LogP contribution in [-0.4, -0.2) is 4.98 Å². The lowest BCUT2D eigenvalue weighted by Gasteiger charge is -2.09. The molecule has 3 nitrogen and oxygen atoms in total. The SMILES string of the molecule is Cc1cc(NN)c2cc(Cl)cc(C)c2n1.Cl. The lowest BCUT2D eigenvalue weighted by Crippen LogP contribution is -2.08. The topological polar surface area (TPSA) is 50.9 Å². The summed E-state index contributed by atoms with van der Waals surface area (Å²) in [6, 6.07) is 5.67. The summed E-state index contributed by atoms with van der Waals surface area (Å²) >= 11 is 6.00. The summed E-state index contributed by atoms with van der Waals surface area (Å²) in [4.78, 5) is 4.47. The smallest absolute Gasteiger partial charge is 0.0756 e. The Balaban J connectivity index is 0.00000128. The van der Waals surface area contributed by atoms with Gasteiger partial charge in [0, 0.05) is 16.1 Å². The minimum atomic E-state index is 0. The molecule has 0 aliphatic heterocycles. The van der Waals surface area contributed by atoms with E-state index in [0.717, 1.165) is 27.8 Å². The van der Waals surface area contributed by atoms with Crippen LogP contribution in [0.2, 0.25) is 5.02 Å². The molecule has 0 saturated heterocycles. The van der Waals surface area contributed by atoms with Crippen molar-refractivity contribution in [1.82, 2.24) is 4.98 Å². The van der Waals surface area contributed by atoms with Gasteiger partial charge in [-0.3, -0.25) is 10.8 Å². The molecule has 0 saturated carbocycles. The van der Waals surface area contributed by atoms with Crippen LogP contribution in [0.3, 0.4) is 0 Å². The second-order valence-corrected chi connectivity index (χ2v) is 4.01. The normalized spacial score (nSPS) is 10.0. The van der Waals surface area contributed by atoms with Crippen molar-refractivity contribution >= 4 is 40.6 Å². The molecule has 3 N–H and O–H groups in total. The maximum Gasteiger partial charge on any atom is 0.0756 e. The third-order valence-electron chi connectivity index (χ3n) is 2.35. The number of nitrogens with zero attached hydrogens (tertiary/aromatic N) is 1. The molecule has 86 valence electrons. The number of aromatic nitrogens is 1. The number of aryl methyl sites for hydroxylation is 2. The van der Waals surface area contributed by atoms with Gasteiger partial charge in [0.05, 0.1) is 11.2 Å². The summed E-state index contributed by atoms with van der Waals surface area (Å²) in [5, 5.41) is 1.65. The highest BCUT2D eigenvalue weighted by Gasteiger charge is 2.06. The van der Waals surface area contributed by atoms with E-state index >= 15 is 0 Å². The lowest BCUT2D eigenvalue weighted by molar-refractivity contribution is 1.23. The highest BCUT2D eigenvalue weighted by molar-refractivity contribution is 6.31. The molecule has 1 heterocycles. The molecular weight excluding hydrogens is 245 g/mol. The molecule has 0 fully saturated rings. The molecule has 2 rings (SSSR count). The first-order valence-corrected chi connectivity index (χ1v) is 5.03. The van der Waals surface area contributed by atoms with E-state index in [2.05, 4.69) is 10.4 Å². The van der Waals surface area contributed by atoms with Crippen molar-refractivity contribution in [1.29, 1.82) is 0 Å². The van der Waals surface area contributed by atoms with Crippen molar-refractivity contribution in [2.75, 3.05) is 5.43 Å². The maximum absolute atomic E-state index is 6.00. The molecule has 0 aliphatic carbocycles. The number of nitrogens with two attached hydrogens (primary N) is 1. The second kappa shape index (κ2) is 4.87. The molecule has 0 spiro atoms. The van der Waals surface area contributed by atoms with Crippen LogP contribution in [0.5, 0.6) is 0 Å². The first-order chi connectivity index (χ1) is 7.11. The van der Waals surface area contributed by atoms with Crippen LogP contribution in [-0.2, 0) is 0 Å². The number of hydrogen-bond donors (Lipinski definition) is 2. The van der Waals surface area contributed by atoms with Gasteiger partial charge in [-0.05, 0) is 37.6 Å². The Bertz CT molecular complexity index is 526. The van der Waals surface area contributed by atoms with Crippen LogP contribution < -0.4 is 11.3 Å². The summed E-state index contributed by atoms with van der Waals surface area (Å²) in [7, 11) is 0. The first kappa shape index (κ1) is 13.0. The van der Waals surface area contributed by atoms with E-state index in [1.165, 1.54) is 0 Å². The minimum Gasteiger partial charge on any atom is -0.323 e. The predicted molar refractivity (Wildman–Crippen MR) is 71.3 cm³/mol. The van der Waals surface area contributed by atoms with E-state index < -0.39 is 0 Å². The molecule has 0 unspecified atom stereocenters. The summed E-state index contributed by atoms with van der Waals surface area (Å²) in [6.07, 6.45) is 0. The number of anilines is 1. The second-order valence-electron chi connectivity index (χ2n) is 3.57. The van der Waals surface area contributed by atoms with Crippen molar-refractivity contribution in [3.05, 3.63) is 34.5 Å². The van der Waals surface area contributed by atoms with Gasteiger partial charge in [0.1, 0.15) is 0 Å². The molecule has 2 aromatic rings. The van der Waals surface area contributed by atoms with Gasteiger partial charge in [0.2, 0.25) is 0 Å². The van der Waals surface area contributed by atoms with Crippen LogP contribution in [0.25, 0.3) is 10.9 Å². The van der Waals surface area contributed by atoms with Crippen LogP contribution in [0, 0.1) is 13.8 Å². The van der Waals surface area contributed by atoms with Crippen LogP contribution in [0.4, 0.5) is 5.69 Å². The van der Waals surface area contributed by atoms with E-state index in [9.17, 15) is 0 Å². The van der Waals surface area contributed by atoms with Gasteiger partial charge >= 0.3 is 0 Å². The summed E-state index contributed by atoms with van der Waals surface area (Å²) in [6.45, 7) is 3.93. The van der Waals surface area contributed by atoms with Crippen molar-refractivity contribution < 1.29 is 0 Å². The van der Waals surface area contributed by atoms with Crippen LogP contribution in [0.1, 0.15) is 11.3 Å². The number of rotatable bonds is 1. The molecule has 0 radical (unpaired) electrons. The molecule has 1 aromatic carbocycles. The third-order valence-corrected chi connectivity index (χ3v) is 2.57. The van der Waals surface area contributed by atoms with E-state index in [-0.39, 0.29) is 12.4 Å². The number of nitrogen functional groups attached to an aromatic ring is 1. The Morgan fingerprint density at radius 3 is 2.56 bits per heavy atom. The van der Waals surface area contributed by atoms with Crippen LogP contribution >= 0.6 is 24.0 Å². The number of fused-ring (bicyclic) bond motifs is 1. The molecule has 0 amide bonds. The number of nitrogens with one attached hydrogen (secondary N) is 1.